The topological polar surface area (TPSA) is 85.4 Å². The first kappa shape index (κ1) is 29.9. The standard InChI is InChI=1S/C33H40N2O6S/c1-23(2)24-8-12-27(13-9-24)41-22-30-29-21-32(40-4)31(39-3)20-26(29)16-19-35(30)33(36)25-10-14-28(15-11-25)42(37,38)34-17-6-5-7-18-34/h8-15,20-21,23,30H,5-7,16-19,22H2,1-4H3. The van der Waals surface area contributed by atoms with E-state index in [-0.39, 0.29) is 23.5 Å². The predicted octanol–water partition coefficient (Wildman–Crippen LogP) is 5.82. The van der Waals surface area contributed by atoms with Crippen molar-refractivity contribution in [2.45, 2.75) is 56.4 Å². The minimum Gasteiger partial charge on any atom is -0.493 e. The molecule has 5 rings (SSSR count). The zero-order valence-electron chi connectivity index (χ0n) is 24.8. The van der Waals surface area contributed by atoms with E-state index in [2.05, 4.69) is 26.0 Å². The van der Waals surface area contributed by atoms with Crippen molar-refractivity contribution in [2.24, 2.45) is 0 Å². The van der Waals surface area contributed by atoms with Gasteiger partial charge >= 0.3 is 0 Å². The Kier molecular flexibility index (Phi) is 9.08. The van der Waals surface area contributed by atoms with Crippen LogP contribution < -0.4 is 14.2 Å². The molecule has 8 nitrogen and oxygen atoms in total. The van der Waals surface area contributed by atoms with E-state index in [1.165, 1.54) is 9.87 Å². The molecule has 2 aliphatic heterocycles. The fraction of sp³-hybridized carbons (Fsp3) is 0.424. The van der Waals surface area contributed by atoms with Crippen LogP contribution in [0, 0.1) is 0 Å². The van der Waals surface area contributed by atoms with Gasteiger partial charge < -0.3 is 19.1 Å². The first-order valence-electron chi connectivity index (χ1n) is 14.6. The molecule has 0 aliphatic carbocycles. The molecule has 1 unspecified atom stereocenters. The molecule has 3 aromatic carbocycles. The first-order valence-corrected chi connectivity index (χ1v) is 16.1. The van der Waals surface area contributed by atoms with Crippen LogP contribution in [-0.4, -0.2) is 64.0 Å². The van der Waals surface area contributed by atoms with Gasteiger partial charge in [0.15, 0.2) is 11.5 Å². The van der Waals surface area contributed by atoms with Gasteiger partial charge in [0, 0.05) is 25.2 Å². The largest absolute Gasteiger partial charge is 0.493 e. The average molecular weight is 593 g/mol. The van der Waals surface area contributed by atoms with Crippen molar-refractivity contribution in [3.63, 3.8) is 0 Å². The van der Waals surface area contributed by atoms with Crippen LogP contribution in [0.4, 0.5) is 0 Å². The van der Waals surface area contributed by atoms with Gasteiger partial charge in [0.05, 0.1) is 25.2 Å². The van der Waals surface area contributed by atoms with Gasteiger partial charge in [-0.1, -0.05) is 32.4 Å². The number of sulfonamides is 1. The van der Waals surface area contributed by atoms with Crippen molar-refractivity contribution in [3.05, 3.63) is 82.9 Å². The smallest absolute Gasteiger partial charge is 0.254 e. The van der Waals surface area contributed by atoms with Crippen LogP contribution in [0.3, 0.4) is 0 Å². The Morgan fingerprint density at radius 3 is 2.14 bits per heavy atom. The number of hydrogen-bond donors (Lipinski definition) is 0. The van der Waals surface area contributed by atoms with Crippen molar-refractivity contribution in [2.75, 3.05) is 40.5 Å². The molecule has 0 aromatic heterocycles. The molecule has 42 heavy (non-hydrogen) atoms. The van der Waals surface area contributed by atoms with Gasteiger partial charge in [-0.25, -0.2) is 8.42 Å². The highest BCUT2D eigenvalue weighted by Gasteiger charge is 2.34. The highest BCUT2D eigenvalue weighted by molar-refractivity contribution is 7.89. The molecular weight excluding hydrogens is 552 g/mol. The number of ether oxygens (including phenoxy) is 3. The van der Waals surface area contributed by atoms with Crippen LogP contribution in [0.5, 0.6) is 17.2 Å². The number of carbonyl (C=O) groups excluding carboxylic acids is 1. The van der Waals surface area contributed by atoms with Gasteiger partial charge in [-0.3, -0.25) is 4.79 Å². The second-order valence-corrected chi connectivity index (χ2v) is 13.1. The first-order chi connectivity index (χ1) is 20.2. The number of methoxy groups -OCH3 is 2. The van der Waals surface area contributed by atoms with Crippen LogP contribution in [-0.2, 0) is 16.4 Å². The Balaban J connectivity index is 1.42. The number of nitrogens with zero attached hydrogens (tertiary/aromatic N) is 2. The molecule has 0 spiro atoms. The molecule has 0 bridgehead atoms. The predicted molar refractivity (Wildman–Crippen MR) is 162 cm³/mol. The van der Waals surface area contributed by atoms with Crippen LogP contribution in [0.25, 0.3) is 0 Å². The molecular formula is C33H40N2O6S. The molecule has 1 saturated heterocycles. The summed E-state index contributed by atoms with van der Waals surface area (Å²) in [6.07, 6.45) is 3.43. The zero-order valence-corrected chi connectivity index (χ0v) is 25.7. The maximum atomic E-state index is 13.9. The van der Waals surface area contributed by atoms with E-state index in [4.69, 9.17) is 14.2 Å². The number of hydrogen-bond acceptors (Lipinski definition) is 6. The summed E-state index contributed by atoms with van der Waals surface area (Å²) < 4.78 is 45.2. The van der Waals surface area contributed by atoms with E-state index in [1.54, 1.807) is 38.5 Å². The molecule has 0 N–H and O–H groups in total. The minimum atomic E-state index is -3.58. The molecule has 2 aliphatic rings. The summed E-state index contributed by atoms with van der Waals surface area (Å²) >= 11 is 0. The molecule has 3 aromatic rings. The molecule has 1 amide bonds. The molecule has 224 valence electrons. The number of piperidine rings is 1. The fourth-order valence-electron chi connectivity index (χ4n) is 5.76. The van der Waals surface area contributed by atoms with E-state index in [0.717, 1.165) is 36.1 Å². The number of benzene rings is 3. The Bertz CT molecular complexity index is 1500. The van der Waals surface area contributed by atoms with Gasteiger partial charge in [0.1, 0.15) is 12.4 Å². The molecule has 2 heterocycles. The fourth-order valence-corrected chi connectivity index (χ4v) is 7.28. The molecule has 9 heteroatoms. The van der Waals surface area contributed by atoms with Crippen molar-refractivity contribution in [1.82, 2.24) is 9.21 Å². The lowest BCUT2D eigenvalue weighted by Gasteiger charge is -2.37. The monoisotopic (exact) mass is 592 g/mol. The van der Waals surface area contributed by atoms with E-state index in [1.807, 2.05) is 29.2 Å². The second kappa shape index (κ2) is 12.8. The van der Waals surface area contributed by atoms with E-state index >= 15 is 0 Å². The molecule has 0 saturated carbocycles. The van der Waals surface area contributed by atoms with Crippen LogP contribution >= 0.6 is 0 Å². The number of amides is 1. The van der Waals surface area contributed by atoms with Crippen molar-refractivity contribution in [1.29, 1.82) is 0 Å². The van der Waals surface area contributed by atoms with Gasteiger partial charge in [-0.05, 0) is 90.4 Å². The van der Waals surface area contributed by atoms with Crippen molar-refractivity contribution < 1.29 is 27.4 Å². The Morgan fingerprint density at radius 2 is 1.52 bits per heavy atom. The normalized spacial score (nSPS) is 17.5. The maximum absolute atomic E-state index is 13.9. The van der Waals surface area contributed by atoms with Crippen LogP contribution in [0.1, 0.15) is 72.1 Å². The van der Waals surface area contributed by atoms with Gasteiger partial charge in [0.2, 0.25) is 10.0 Å². The third-order valence-electron chi connectivity index (χ3n) is 8.27. The summed E-state index contributed by atoms with van der Waals surface area (Å²) in [5, 5.41) is 0. The van der Waals surface area contributed by atoms with Crippen molar-refractivity contribution >= 4 is 15.9 Å². The number of rotatable bonds is 9. The Hall–Kier alpha value is -3.56. The van der Waals surface area contributed by atoms with Gasteiger partial charge in [0.25, 0.3) is 5.91 Å². The van der Waals surface area contributed by atoms with Crippen molar-refractivity contribution in [3.8, 4) is 17.2 Å². The second-order valence-electron chi connectivity index (χ2n) is 11.2. The van der Waals surface area contributed by atoms with Gasteiger partial charge in [-0.2, -0.15) is 4.31 Å². The Labute approximate surface area is 249 Å². The highest BCUT2D eigenvalue weighted by Crippen LogP contribution is 2.39. The number of carbonyl (C=O) groups is 1. The van der Waals surface area contributed by atoms with E-state index in [9.17, 15) is 13.2 Å². The summed E-state index contributed by atoms with van der Waals surface area (Å²) in [6.45, 7) is 6.09. The molecule has 1 atom stereocenters. The third kappa shape index (κ3) is 6.13. The maximum Gasteiger partial charge on any atom is 0.254 e. The average Bonchev–Trinajstić information content (AvgIpc) is 3.03. The number of fused-ring (bicyclic) bond motifs is 1. The van der Waals surface area contributed by atoms with Crippen LogP contribution in [0.15, 0.2) is 65.6 Å². The highest BCUT2D eigenvalue weighted by atomic mass is 32.2. The third-order valence-corrected chi connectivity index (χ3v) is 10.2. The van der Waals surface area contributed by atoms with Gasteiger partial charge in [-0.15, -0.1) is 0 Å². The minimum absolute atomic E-state index is 0.180. The SMILES string of the molecule is COc1cc2c(cc1OC)C(COc1ccc(C(C)C)cc1)N(C(=O)c1ccc(S(=O)(=O)N3CCCCC3)cc1)CC2. The lowest BCUT2D eigenvalue weighted by atomic mass is 9.91. The lowest BCUT2D eigenvalue weighted by molar-refractivity contribution is 0.0589. The van der Waals surface area contributed by atoms with E-state index in [0.29, 0.717) is 49.0 Å². The summed E-state index contributed by atoms with van der Waals surface area (Å²) in [5.74, 6) is 2.20. The summed E-state index contributed by atoms with van der Waals surface area (Å²) in [5.41, 5.74) is 3.67. The summed E-state index contributed by atoms with van der Waals surface area (Å²) in [6, 6.07) is 17.9. The molecule has 1 fully saturated rings. The lowest BCUT2D eigenvalue weighted by Crippen LogP contribution is -2.42. The van der Waals surface area contributed by atoms with E-state index < -0.39 is 10.0 Å². The summed E-state index contributed by atoms with van der Waals surface area (Å²) in [4.78, 5) is 16.0. The van der Waals surface area contributed by atoms with Crippen LogP contribution in [0.2, 0.25) is 0 Å². The summed E-state index contributed by atoms with van der Waals surface area (Å²) in [7, 11) is -0.375. The zero-order chi connectivity index (χ0) is 29.9. The Morgan fingerprint density at radius 1 is 0.881 bits per heavy atom. The molecule has 0 radical (unpaired) electrons. The quantitative estimate of drug-likeness (QED) is 0.311.